The van der Waals surface area contributed by atoms with E-state index in [1.165, 1.54) is 48.7 Å². The number of nitrogens with zero attached hydrogens (tertiary/aromatic N) is 2. The van der Waals surface area contributed by atoms with Crippen LogP contribution in [0, 0.1) is 5.82 Å². The number of piperidine rings is 1. The number of phenolic OH excluding ortho intramolecular Hbond substituents is 1. The number of benzene rings is 2. The molecule has 0 spiro atoms. The Hall–Kier alpha value is -4.22. The van der Waals surface area contributed by atoms with E-state index in [4.69, 9.17) is 5.73 Å². The van der Waals surface area contributed by atoms with Crippen LogP contribution in [0.5, 0.6) is 5.75 Å². The second kappa shape index (κ2) is 14.3. The third-order valence-electron chi connectivity index (χ3n) is 7.83. The van der Waals surface area contributed by atoms with E-state index in [9.17, 15) is 19.5 Å². The summed E-state index contributed by atoms with van der Waals surface area (Å²) in [4.78, 5) is 45.1. The van der Waals surface area contributed by atoms with Crippen molar-refractivity contribution in [2.75, 3.05) is 36.8 Å². The highest BCUT2D eigenvalue weighted by atomic mass is 35.5. The van der Waals surface area contributed by atoms with Crippen molar-refractivity contribution in [1.82, 2.24) is 20.9 Å². The number of hydrogen-bond donors (Lipinski definition) is 5. The van der Waals surface area contributed by atoms with Gasteiger partial charge in [-0.15, -0.1) is 12.4 Å². The summed E-state index contributed by atoms with van der Waals surface area (Å²) in [6, 6.07) is 11.1. The van der Waals surface area contributed by atoms with Crippen LogP contribution in [-0.2, 0) is 0 Å². The predicted molar refractivity (Wildman–Crippen MR) is 165 cm³/mol. The molecule has 2 aliphatic rings. The van der Waals surface area contributed by atoms with Gasteiger partial charge in [0.05, 0.1) is 17.8 Å². The quantitative estimate of drug-likeness (QED) is 0.255. The van der Waals surface area contributed by atoms with E-state index in [1.807, 2.05) is 4.90 Å². The zero-order chi connectivity index (χ0) is 29.6. The molecule has 0 aliphatic carbocycles. The van der Waals surface area contributed by atoms with Crippen LogP contribution in [0.4, 0.5) is 15.9 Å². The zero-order valence-electron chi connectivity index (χ0n) is 23.6. The van der Waals surface area contributed by atoms with Crippen molar-refractivity contribution >= 4 is 41.5 Å². The fourth-order valence-corrected chi connectivity index (χ4v) is 5.53. The topological polar surface area (TPSA) is 150 Å². The van der Waals surface area contributed by atoms with Crippen LogP contribution < -0.4 is 26.6 Å². The van der Waals surface area contributed by atoms with Gasteiger partial charge in [0.25, 0.3) is 11.8 Å². The molecular weight excluding hydrogens is 575 g/mol. The van der Waals surface area contributed by atoms with Crippen LogP contribution in [0.1, 0.15) is 68.7 Å². The second-order valence-electron chi connectivity index (χ2n) is 10.7. The van der Waals surface area contributed by atoms with Gasteiger partial charge in [0, 0.05) is 42.5 Å². The van der Waals surface area contributed by atoms with Gasteiger partial charge in [0.1, 0.15) is 17.1 Å². The lowest BCUT2D eigenvalue weighted by molar-refractivity contribution is 0.0882. The number of anilines is 2. The van der Waals surface area contributed by atoms with Crippen molar-refractivity contribution in [2.24, 2.45) is 0 Å². The number of halogens is 2. The van der Waals surface area contributed by atoms with Gasteiger partial charge in [-0.25, -0.2) is 9.37 Å². The number of ketones is 1. The molecule has 2 fully saturated rings. The third kappa shape index (κ3) is 7.41. The maximum Gasteiger partial charge on any atom is 0.251 e. The largest absolute Gasteiger partial charge is 0.507 e. The molecule has 6 N–H and O–H groups in total. The molecule has 0 radical (unpaired) electrons. The van der Waals surface area contributed by atoms with E-state index in [1.54, 1.807) is 6.07 Å². The second-order valence-corrected chi connectivity index (χ2v) is 10.7. The number of carbonyl (C=O) groups is 3. The molecule has 0 unspecified atom stereocenters. The maximum absolute atomic E-state index is 15.5. The van der Waals surface area contributed by atoms with Gasteiger partial charge in [-0.1, -0.05) is 12.1 Å². The lowest BCUT2D eigenvalue weighted by Gasteiger charge is -2.29. The average molecular weight is 611 g/mol. The summed E-state index contributed by atoms with van der Waals surface area (Å²) in [5.74, 6) is -2.28. The van der Waals surface area contributed by atoms with E-state index in [-0.39, 0.29) is 53.2 Å². The Morgan fingerprint density at radius 3 is 2.30 bits per heavy atom. The minimum absolute atomic E-state index is 0. The Balaban J connectivity index is 0.00000423. The van der Waals surface area contributed by atoms with Gasteiger partial charge >= 0.3 is 0 Å². The monoisotopic (exact) mass is 610 g/mol. The Bertz CT molecular complexity index is 1470. The highest BCUT2D eigenvalue weighted by Gasteiger charge is 2.28. The summed E-state index contributed by atoms with van der Waals surface area (Å²) in [5.41, 5.74) is 6.47. The predicted octanol–water partition coefficient (Wildman–Crippen LogP) is 3.43. The first-order chi connectivity index (χ1) is 20.3. The van der Waals surface area contributed by atoms with Crippen LogP contribution in [0.15, 0.2) is 54.7 Å². The van der Waals surface area contributed by atoms with Crippen molar-refractivity contribution in [3.8, 4) is 5.75 Å². The fraction of sp³-hybridized carbons (Fsp3) is 0.355. The number of nitrogens with one attached hydrogen (secondary N) is 3. The van der Waals surface area contributed by atoms with Crippen molar-refractivity contribution in [1.29, 1.82) is 0 Å². The number of hydrogen-bond acceptors (Lipinski definition) is 8. The molecule has 3 heterocycles. The fourth-order valence-electron chi connectivity index (χ4n) is 5.53. The highest BCUT2D eigenvalue weighted by molar-refractivity contribution is 6.11. The van der Waals surface area contributed by atoms with Gasteiger partial charge in [0.15, 0.2) is 11.6 Å². The molecule has 2 aliphatic heterocycles. The van der Waals surface area contributed by atoms with Crippen LogP contribution >= 0.6 is 12.4 Å². The molecule has 3 aromatic rings. The molecule has 2 saturated heterocycles. The molecule has 2 amide bonds. The Kier molecular flexibility index (Phi) is 10.5. The molecule has 10 nitrogen and oxygen atoms in total. The number of aromatic hydroxyl groups is 1. The minimum Gasteiger partial charge on any atom is -0.507 e. The number of phenols is 1. The number of carbonyl (C=O) groups excluding carboxylic acids is 3. The number of amides is 2. The molecule has 0 bridgehead atoms. The first-order valence-electron chi connectivity index (χ1n) is 14.3. The standard InChI is InChI=1S/C31H35FN6O4.ClH/c32-28-24(38-15-2-1-3-16-38)10-11-25(39)27(28)29(40)19-6-8-20(9-7-19)30(41)36-22-5-4-13-34-18-23(22)37-31(42)21-12-14-35-26(33)17-21;/h6-12,14,17,22-23,34,39H,1-5,13,15-16,18H2,(H2,33,35)(H,36,41)(H,37,42);1H/t22-,23-;/m1./s1. The molecule has 2 atom stereocenters. The van der Waals surface area contributed by atoms with Crippen molar-refractivity contribution in [3.05, 3.63) is 82.8 Å². The van der Waals surface area contributed by atoms with E-state index >= 15 is 4.39 Å². The molecule has 1 aromatic heterocycles. The molecule has 228 valence electrons. The lowest BCUT2D eigenvalue weighted by Crippen LogP contribution is -2.54. The summed E-state index contributed by atoms with van der Waals surface area (Å²) in [6.45, 7) is 2.61. The summed E-state index contributed by atoms with van der Waals surface area (Å²) < 4.78 is 15.5. The molecule has 12 heteroatoms. The smallest absolute Gasteiger partial charge is 0.251 e. The van der Waals surface area contributed by atoms with Gasteiger partial charge < -0.3 is 31.7 Å². The summed E-state index contributed by atoms with van der Waals surface area (Å²) in [6.07, 6.45) is 5.87. The summed E-state index contributed by atoms with van der Waals surface area (Å²) >= 11 is 0. The third-order valence-corrected chi connectivity index (χ3v) is 7.83. The van der Waals surface area contributed by atoms with Crippen LogP contribution in [0.25, 0.3) is 0 Å². The first kappa shape index (κ1) is 31.7. The Morgan fingerprint density at radius 1 is 0.907 bits per heavy atom. The van der Waals surface area contributed by atoms with Crippen LogP contribution in [-0.4, -0.2) is 66.0 Å². The van der Waals surface area contributed by atoms with Crippen LogP contribution in [0.2, 0.25) is 0 Å². The average Bonchev–Trinajstić information content (AvgIpc) is 3.22. The van der Waals surface area contributed by atoms with E-state index < -0.39 is 17.3 Å². The van der Waals surface area contributed by atoms with Crippen molar-refractivity contribution < 1.29 is 23.9 Å². The molecule has 5 rings (SSSR count). The van der Waals surface area contributed by atoms with Crippen molar-refractivity contribution in [3.63, 3.8) is 0 Å². The molecule has 2 aromatic carbocycles. The van der Waals surface area contributed by atoms with Gasteiger partial charge in [-0.05, 0) is 75.0 Å². The van der Waals surface area contributed by atoms with Gasteiger partial charge in [0.2, 0.25) is 0 Å². The number of pyridine rings is 1. The van der Waals surface area contributed by atoms with Crippen LogP contribution in [0.3, 0.4) is 0 Å². The van der Waals surface area contributed by atoms with E-state index in [2.05, 4.69) is 20.9 Å². The number of aromatic nitrogens is 1. The highest BCUT2D eigenvalue weighted by Crippen LogP contribution is 2.32. The first-order valence-corrected chi connectivity index (χ1v) is 14.3. The minimum atomic E-state index is -0.742. The maximum atomic E-state index is 15.5. The lowest BCUT2D eigenvalue weighted by atomic mass is 9.98. The van der Waals surface area contributed by atoms with Gasteiger partial charge in [-0.3, -0.25) is 14.4 Å². The molecular formula is C31H36ClFN6O4. The van der Waals surface area contributed by atoms with E-state index in [0.717, 1.165) is 32.2 Å². The van der Waals surface area contributed by atoms with Gasteiger partial charge in [-0.2, -0.15) is 0 Å². The zero-order valence-corrected chi connectivity index (χ0v) is 24.5. The Labute approximate surface area is 255 Å². The summed E-state index contributed by atoms with van der Waals surface area (Å²) in [7, 11) is 0. The van der Waals surface area contributed by atoms with Crippen molar-refractivity contribution in [2.45, 2.75) is 44.2 Å². The summed E-state index contributed by atoms with van der Waals surface area (Å²) in [5, 5.41) is 19.7. The molecule has 43 heavy (non-hydrogen) atoms. The Morgan fingerprint density at radius 2 is 1.58 bits per heavy atom. The van der Waals surface area contributed by atoms with E-state index in [0.29, 0.717) is 42.9 Å². The number of nitrogens with two attached hydrogens (primary N) is 1. The SMILES string of the molecule is Cl.Nc1cc(C(=O)N[C@@H]2CNCCC[C@H]2NC(=O)c2ccc(C(=O)c3c(O)ccc(N4CCCCC4)c3F)cc2)ccn1. The number of nitrogen functional groups attached to an aromatic ring is 1. The number of rotatable bonds is 7. The molecule has 0 saturated carbocycles. The normalized spacial score (nSPS) is 18.6.